The molecule has 0 radical (unpaired) electrons. The maximum atomic E-state index is 13.6. The molecule has 0 bridgehead atoms. The minimum atomic E-state index is -0.507. The van der Waals surface area contributed by atoms with Crippen molar-refractivity contribution in [3.8, 4) is 5.75 Å². The zero-order valence-electron chi connectivity index (χ0n) is 11.3. The van der Waals surface area contributed by atoms with Gasteiger partial charge in [0.1, 0.15) is 11.6 Å². The van der Waals surface area contributed by atoms with Gasteiger partial charge in [-0.1, -0.05) is 17.7 Å². The van der Waals surface area contributed by atoms with Gasteiger partial charge in [0.2, 0.25) is 5.91 Å². The minimum Gasteiger partial charge on any atom is -0.495 e. The van der Waals surface area contributed by atoms with Crippen LogP contribution in [0.15, 0.2) is 36.4 Å². The number of nitrogen functional groups attached to an aromatic ring is 1. The highest BCUT2D eigenvalue weighted by Gasteiger charge is 2.12. The Labute approximate surface area is 126 Å². The van der Waals surface area contributed by atoms with Gasteiger partial charge >= 0.3 is 0 Å². The third-order valence-corrected chi connectivity index (χ3v) is 3.27. The Kier molecular flexibility index (Phi) is 4.65. The fraction of sp³-hybridized carbons (Fsp3) is 0.133. The number of amides is 1. The molecule has 0 saturated carbocycles. The summed E-state index contributed by atoms with van der Waals surface area (Å²) in [5, 5.41) is 2.87. The summed E-state index contributed by atoms with van der Waals surface area (Å²) in [6.07, 6.45) is -0.155. The van der Waals surface area contributed by atoms with Gasteiger partial charge in [0, 0.05) is 22.3 Å². The maximum absolute atomic E-state index is 13.6. The molecule has 0 saturated heterocycles. The Hall–Kier alpha value is -2.27. The largest absolute Gasteiger partial charge is 0.495 e. The molecule has 4 nitrogen and oxygen atoms in total. The van der Waals surface area contributed by atoms with Crippen molar-refractivity contribution in [2.75, 3.05) is 18.2 Å². The minimum absolute atomic E-state index is 0.155. The second kappa shape index (κ2) is 6.45. The summed E-state index contributed by atoms with van der Waals surface area (Å²) < 4.78 is 18.7. The van der Waals surface area contributed by atoms with Crippen molar-refractivity contribution in [3.05, 3.63) is 52.8 Å². The summed E-state index contributed by atoms with van der Waals surface area (Å²) in [5.74, 6) is -0.432. The number of rotatable bonds is 4. The standard InChI is InChI=1S/C15H14ClFN2O2/c1-21-14-7-9(5-6-13(14)18)19-15(20)8-10-11(16)3-2-4-12(10)17/h2-7H,8,18H2,1H3,(H,19,20). The molecule has 3 N–H and O–H groups in total. The monoisotopic (exact) mass is 308 g/mol. The average molecular weight is 309 g/mol. The first-order chi connectivity index (χ1) is 10.0. The molecule has 0 spiro atoms. The molecule has 0 atom stereocenters. The van der Waals surface area contributed by atoms with Crippen LogP contribution in [-0.4, -0.2) is 13.0 Å². The quantitative estimate of drug-likeness (QED) is 0.852. The fourth-order valence-corrected chi connectivity index (χ4v) is 2.09. The van der Waals surface area contributed by atoms with Gasteiger partial charge in [0.05, 0.1) is 19.2 Å². The Bertz CT molecular complexity index is 656. The zero-order valence-corrected chi connectivity index (χ0v) is 12.1. The first-order valence-corrected chi connectivity index (χ1v) is 6.55. The van der Waals surface area contributed by atoms with Crippen LogP contribution in [0.1, 0.15) is 5.56 Å². The molecular weight excluding hydrogens is 295 g/mol. The van der Waals surface area contributed by atoms with Crippen LogP contribution in [0.5, 0.6) is 5.75 Å². The summed E-state index contributed by atoms with van der Waals surface area (Å²) in [6.45, 7) is 0. The van der Waals surface area contributed by atoms with Crippen molar-refractivity contribution in [2.45, 2.75) is 6.42 Å². The van der Waals surface area contributed by atoms with E-state index in [0.717, 1.165) is 0 Å². The van der Waals surface area contributed by atoms with E-state index < -0.39 is 5.82 Å². The van der Waals surface area contributed by atoms with Gasteiger partial charge in [-0.15, -0.1) is 0 Å². The van der Waals surface area contributed by atoms with E-state index in [1.807, 2.05) is 0 Å². The van der Waals surface area contributed by atoms with Gasteiger partial charge in [-0.25, -0.2) is 4.39 Å². The van der Waals surface area contributed by atoms with Crippen LogP contribution in [0, 0.1) is 5.82 Å². The van der Waals surface area contributed by atoms with E-state index in [-0.39, 0.29) is 22.9 Å². The predicted octanol–water partition coefficient (Wildman–Crippen LogP) is 3.25. The van der Waals surface area contributed by atoms with Gasteiger partial charge < -0.3 is 15.8 Å². The molecule has 2 aromatic carbocycles. The van der Waals surface area contributed by atoms with E-state index in [2.05, 4.69) is 5.32 Å². The molecule has 21 heavy (non-hydrogen) atoms. The average Bonchev–Trinajstić information content (AvgIpc) is 2.45. The molecule has 6 heteroatoms. The van der Waals surface area contributed by atoms with Gasteiger partial charge in [0.15, 0.2) is 0 Å². The number of hydrogen-bond acceptors (Lipinski definition) is 3. The first-order valence-electron chi connectivity index (χ1n) is 6.17. The molecule has 1 amide bonds. The highest BCUT2D eigenvalue weighted by molar-refractivity contribution is 6.31. The van der Waals surface area contributed by atoms with Crippen LogP contribution in [0.2, 0.25) is 5.02 Å². The summed E-state index contributed by atoms with van der Waals surface area (Å²) in [6, 6.07) is 9.14. The summed E-state index contributed by atoms with van der Waals surface area (Å²) in [7, 11) is 1.48. The third-order valence-electron chi connectivity index (χ3n) is 2.92. The van der Waals surface area contributed by atoms with E-state index in [1.54, 1.807) is 24.3 Å². The van der Waals surface area contributed by atoms with Crippen molar-refractivity contribution < 1.29 is 13.9 Å². The van der Waals surface area contributed by atoms with Crippen LogP contribution in [0.25, 0.3) is 0 Å². The van der Waals surface area contributed by atoms with Gasteiger partial charge in [0.25, 0.3) is 0 Å². The number of benzene rings is 2. The summed E-state index contributed by atoms with van der Waals surface area (Å²) >= 11 is 5.89. The highest BCUT2D eigenvalue weighted by Crippen LogP contribution is 2.25. The smallest absolute Gasteiger partial charge is 0.228 e. The number of ether oxygens (including phenoxy) is 1. The molecule has 2 aromatic rings. The topological polar surface area (TPSA) is 64.3 Å². The summed E-state index contributed by atoms with van der Waals surface area (Å²) in [4.78, 5) is 12.0. The number of anilines is 2. The molecular formula is C15H14ClFN2O2. The van der Waals surface area contributed by atoms with E-state index in [9.17, 15) is 9.18 Å². The molecule has 0 aliphatic carbocycles. The molecule has 0 unspecified atom stereocenters. The zero-order chi connectivity index (χ0) is 15.4. The molecule has 0 aliphatic heterocycles. The lowest BCUT2D eigenvalue weighted by atomic mass is 10.1. The van der Waals surface area contributed by atoms with E-state index in [4.69, 9.17) is 22.1 Å². The van der Waals surface area contributed by atoms with Crippen molar-refractivity contribution in [2.24, 2.45) is 0 Å². The number of carbonyl (C=O) groups is 1. The third kappa shape index (κ3) is 3.64. The highest BCUT2D eigenvalue weighted by atomic mass is 35.5. The Morgan fingerprint density at radius 3 is 2.81 bits per heavy atom. The lowest BCUT2D eigenvalue weighted by Crippen LogP contribution is -2.15. The number of methoxy groups -OCH3 is 1. The van der Waals surface area contributed by atoms with Crippen LogP contribution in [0.4, 0.5) is 15.8 Å². The molecule has 110 valence electrons. The number of hydrogen-bond donors (Lipinski definition) is 2. The Balaban J connectivity index is 2.12. The van der Waals surface area contributed by atoms with Crippen molar-refractivity contribution in [3.63, 3.8) is 0 Å². The number of halogens is 2. The predicted molar refractivity (Wildman–Crippen MR) is 81.2 cm³/mol. The van der Waals surface area contributed by atoms with Gasteiger partial charge in [-0.2, -0.15) is 0 Å². The maximum Gasteiger partial charge on any atom is 0.228 e. The van der Waals surface area contributed by atoms with Crippen LogP contribution in [-0.2, 0) is 11.2 Å². The number of nitrogens with two attached hydrogens (primary N) is 1. The van der Waals surface area contributed by atoms with Gasteiger partial charge in [-0.3, -0.25) is 4.79 Å². The second-order valence-corrected chi connectivity index (χ2v) is 4.79. The van der Waals surface area contributed by atoms with Crippen molar-refractivity contribution >= 4 is 28.9 Å². The van der Waals surface area contributed by atoms with Crippen molar-refractivity contribution in [1.82, 2.24) is 0 Å². The normalized spacial score (nSPS) is 10.2. The van der Waals surface area contributed by atoms with Crippen LogP contribution >= 0.6 is 11.6 Å². The fourth-order valence-electron chi connectivity index (χ4n) is 1.86. The van der Waals surface area contributed by atoms with E-state index in [0.29, 0.717) is 17.1 Å². The summed E-state index contributed by atoms with van der Waals surface area (Å²) in [5.41, 5.74) is 6.83. The second-order valence-electron chi connectivity index (χ2n) is 4.38. The van der Waals surface area contributed by atoms with Crippen LogP contribution in [0.3, 0.4) is 0 Å². The molecule has 0 fully saturated rings. The number of carbonyl (C=O) groups excluding carboxylic acids is 1. The molecule has 0 heterocycles. The van der Waals surface area contributed by atoms with E-state index >= 15 is 0 Å². The SMILES string of the molecule is COc1cc(NC(=O)Cc2c(F)cccc2Cl)ccc1N. The lowest BCUT2D eigenvalue weighted by molar-refractivity contribution is -0.115. The van der Waals surface area contributed by atoms with E-state index in [1.165, 1.54) is 19.2 Å². The first kappa shape index (κ1) is 15.1. The lowest BCUT2D eigenvalue weighted by Gasteiger charge is -2.10. The number of nitrogens with one attached hydrogen (secondary N) is 1. The Morgan fingerprint density at radius 1 is 1.38 bits per heavy atom. The van der Waals surface area contributed by atoms with Crippen molar-refractivity contribution in [1.29, 1.82) is 0 Å². The Morgan fingerprint density at radius 2 is 2.14 bits per heavy atom. The molecule has 0 aromatic heterocycles. The molecule has 2 rings (SSSR count). The van der Waals surface area contributed by atoms with Gasteiger partial charge in [-0.05, 0) is 24.3 Å². The van der Waals surface area contributed by atoms with Crippen LogP contribution < -0.4 is 15.8 Å². The molecule has 0 aliphatic rings.